The van der Waals surface area contributed by atoms with Gasteiger partial charge in [-0.15, -0.1) is 0 Å². The molecule has 0 radical (unpaired) electrons. The van der Waals surface area contributed by atoms with Gasteiger partial charge >= 0.3 is 12.0 Å². The van der Waals surface area contributed by atoms with Crippen molar-refractivity contribution in [3.05, 3.63) is 113 Å². The molecule has 1 atom stereocenters. The number of carboxylic acids is 1. The van der Waals surface area contributed by atoms with Gasteiger partial charge in [-0.2, -0.15) is 0 Å². The van der Waals surface area contributed by atoms with E-state index >= 15 is 0 Å². The van der Waals surface area contributed by atoms with Crippen LogP contribution in [0.5, 0.6) is 0 Å². The van der Waals surface area contributed by atoms with Crippen LogP contribution in [0.1, 0.15) is 81.4 Å². The molecule has 17 nitrogen and oxygen atoms in total. The third-order valence-electron chi connectivity index (χ3n) is 12.6. The molecule has 1 aliphatic heterocycles. The van der Waals surface area contributed by atoms with E-state index in [2.05, 4.69) is 51.4 Å². The first-order valence-corrected chi connectivity index (χ1v) is 24.0. The Labute approximate surface area is 405 Å². The lowest BCUT2D eigenvalue weighted by Crippen LogP contribution is -2.53. The average molecular weight is 949 g/mol. The Morgan fingerprint density at radius 1 is 0.739 bits per heavy atom. The summed E-state index contributed by atoms with van der Waals surface area (Å²) >= 11 is 0. The molecule has 1 aliphatic carbocycles. The number of nitrogens with zero attached hydrogens (tertiary/aromatic N) is 6. The molecule has 0 spiro atoms. The Morgan fingerprint density at radius 3 is 2.17 bits per heavy atom. The summed E-state index contributed by atoms with van der Waals surface area (Å²) < 4.78 is 16.2. The van der Waals surface area contributed by atoms with Crippen molar-refractivity contribution in [3.63, 3.8) is 0 Å². The summed E-state index contributed by atoms with van der Waals surface area (Å²) in [6.07, 6.45) is 4.45. The van der Waals surface area contributed by atoms with E-state index in [0.29, 0.717) is 112 Å². The van der Waals surface area contributed by atoms with Crippen LogP contribution in [-0.4, -0.2) is 172 Å². The maximum atomic E-state index is 14.0. The zero-order valence-electron chi connectivity index (χ0n) is 40.5. The first-order valence-electron chi connectivity index (χ1n) is 24.0. The highest BCUT2D eigenvalue weighted by molar-refractivity contribution is 6.08. The summed E-state index contributed by atoms with van der Waals surface area (Å²) in [5.41, 5.74) is 6.28. The van der Waals surface area contributed by atoms with E-state index < -0.39 is 5.97 Å². The molecule has 6 rings (SSSR count). The number of benzene rings is 3. The minimum Gasteiger partial charge on any atom is -0.481 e. The van der Waals surface area contributed by atoms with Crippen molar-refractivity contribution >= 4 is 41.1 Å². The van der Waals surface area contributed by atoms with Crippen LogP contribution in [0.4, 0.5) is 16.2 Å². The summed E-state index contributed by atoms with van der Waals surface area (Å²) in [4.78, 5) is 79.2. The number of carbonyl (C=O) groups is 5. The monoisotopic (exact) mass is 949 g/mol. The van der Waals surface area contributed by atoms with E-state index in [4.69, 9.17) is 19.3 Å². The van der Waals surface area contributed by atoms with Crippen molar-refractivity contribution < 1.29 is 43.3 Å². The Hall–Kier alpha value is -6.40. The van der Waals surface area contributed by atoms with Crippen molar-refractivity contribution in [2.24, 2.45) is 0 Å². The minimum atomic E-state index is -0.900. The predicted molar refractivity (Wildman–Crippen MR) is 265 cm³/mol. The van der Waals surface area contributed by atoms with Crippen molar-refractivity contribution in [1.82, 2.24) is 29.9 Å². The Morgan fingerprint density at radius 2 is 1.43 bits per heavy atom. The highest BCUT2D eigenvalue weighted by Crippen LogP contribution is 2.33. The molecule has 3 aromatic carbocycles. The first-order chi connectivity index (χ1) is 33.4. The molecule has 370 valence electrons. The van der Waals surface area contributed by atoms with E-state index in [9.17, 15) is 24.0 Å². The Kier molecular flexibility index (Phi) is 19.9. The SMILES string of the molecule is CCN(CC)c1ccc(NC(=O)c2cccc(C(=O)N(C)CCN3CCN(C(=O)N(C)CCOCCOCCOCCC(=O)O)CC3)c2)c(-c2cc(C(=O)NC3CCCc4ccccc43)ccn2)c1. The number of carboxylic acid groups (broad SMARTS) is 1. The van der Waals surface area contributed by atoms with E-state index in [1.54, 1.807) is 66.5 Å². The number of fused-ring (bicyclic) bond motifs is 1. The van der Waals surface area contributed by atoms with E-state index in [1.165, 1.54) is 5.56 Å². The molecular weight excluding hydrogens is 881 g/mol. The number of aliphatic carboxylic acids is 1. The lowest BCUT2D eigenvalue weighted by atomic mass is 9.87. The minimum absolute atomic E-state index is 0.0384. The van der Waals surface area contributed by atoms with Crippen LogP contribution in [-0.2, 0) is 25.4 Å². The maximum Gasteiger partial charge on any atom is 0.319 e. The van der Waals surface area contributed by atoms with Gasteiger partial charge in [0.1, 0.15) is 0 Å². The lowest BCUT2D eigenvalue weighted by molar-refractivity contribution is -0.138. The third-order valence-corrected chi connectivity index (χ3v) is 12.6. The molecule has 1 unspecified atom stereocenters. The molecule has 1 fully saturated rings. The number of hydrogen-bond acceptors (Lipinski definition) is 11. The molecule has 0 bridgehead atoms. The molecule has 2 aliphatic rings. The Bertz CT molecular complexity index is 2350. The van der Waals surface area contributed by atoms with Crippen LogP contribution in [0.2, 0.25) is 0 Å². The number of anilines is 2. The largest absolute Gasteiger partial charge is 0.481 e. The van der Waals surface area contributed by atoms with Gasteiger partial charge in [0.05, 0.1) is 63.5 Å². The number of rotatable bonds is 24. The average Bonchev–Trinajstić information content (AvgIpc) is 3.37. The summed E-state index contributed by atoms with van der Waals surface area (Å²) in [5.74, 6) is -1.69. The maximum absolute atomic E-state index is 14.0. The van der Waals surface area contributed by atoms with Gasteiger partial charge in [-0.1, -0.05) is 30.3 Å². The first kappa shape index (κ1) is 52.0. The Balaban J connectivity index is 0.988. The number of likely N-dealkylation sites (N-methyl/N-ethyl adjacent to an activating group) is 2. The fraction of sp³-hybridized carbons (Fsp3) is 0.462. The van der Waals surface area contributed by atoms with Crippen LogP contribution in [0.25, 0.3) is 11.3 Å². The number of urea groups is 1. The predicted octanol–water partition coefficient (Wildman–Crippen LogP) is 5.92. The second-order valence-corrected chi connectivity index (χ2v) is 17.2. The fourth-order valence-electron chi connectivity index (χ4n) is 8.51. The number of aryl methyl sites for hydroxylation is 1. The van der Waals surface area contributed by atoms with E-state index in [1.807, 2.05) is 35.2 Å². The summed E-state index contributed by atoms with van der Waals surface area (Å²) in [6.45, 7) is 11.6. The third kappa shape index (κ3) is 15.0. The molecule has 4 aromatic rings. The van der Waals surface area contributed by atoms with Crippen molar-refractivity contribution in [2.45, 2.75) is 45.6 Å². The highest BCUT2D eigenvalue weighted by Gasteiger charge is 2.26. The molecule has 69 heavy (non-hydrogen) atoms. The number of carbonyl (C=O) groups excluding carboxylic acids is 4. The molecule has 5 amide bonds. The number of pyridine rings is 1. The standard InChI is InChI=1S/C52H68N8O9/c1-5-59(6-2)42-17-18-46(44(37-42)47-36-40(19-21-53-47)50(64)54-45-16-10-12-38-11-7-8-15-43(38)45)55-49(63)39-13-9-14-41(35-39)51(65)56(3)22-23-58-24-26-60(27-25-58)52(66)57(4)28-30-68-32-34-69-33-31-67-29-20-48(61)62/h7-9,11,13-15,17-19,21,35-37,45H,5-6,10,12,16,20,22-34H2,1-4H3,(H,54,64)(H,55,63)(H,61,62). The topological polar surface area (TPSA) is 186 Å². The number of amides is 5. The van der Waals surface area contributed by atoms with Crippen molar-refractivity contribution in [2.75, 3.05) is 123 Å². The van der Waals surface area contributed by atoms with Crippen LogP contribution < -0.4 is 15.5 Å². The number of aromatic nitrogens is 1. The highest BCUT2D eigenvalue weighted by atomic mass is 16.5. The van der Waals surface area contributed by atoms with Gasteiger partial charge in [0.15, 0.2) is 0 Å². The number of ether oxygens (including phenoxy) is 3. The lowest BCUT2D eigenvalue weighted by Gasteiger charge is -2.37. The van der Waals surface area contributed by atoms with Gasteiger partial charge in [-0.25, -0.2) is 4.79 Å². The van der Waals surface area contributed by atoms with Crippen LogP contribution in [0, 0.1) is 0 Å². The normalized spacial score (nSPS) is 14.7. The zero-order valence-corrected chi connectivity index (χ0v) is 40.5. The summed E-state index contributed by atoms with van der Waals surface area (Å²) in [5, 5.41) is 14.9. The number of nitrogens with one attached hydrogen (secondary N) is 2. The van der Waals surface area contributed by atoms with E-state index in [0.717, 1.165) is 43.6 Å². The summed E-state index contributed by atoms with van der Waals surface area (Å²) in [7, 11) is 3.50. The summed E-state index contributed by atoms with van der Waals surface area (Å²) in [6, 6.07) is 24.1. The van der Waals surface area contributed by atoms with Crippen LogP contribution >= 0.6 is 0 Å². The van der Waals surface area contributed by atoms with Gasteiger partial charge in [0.2, 0.25) is 0 Å². The van der Waals surface area contributed by atoms with Crippen LogP contribution in [0.15, 0.2) is 85.1 Å². The quantitative estimate of drug-likeness (QED) is 0.0706. The van der Waals surface area contributed by atoms with Crippen molar-refractivity contribution in [3.8, 4) is 11.3 Å². The second kappa shape index (κ2) is 26.4. The fourth-order valence-corrected chi connectivity index (χ4v) is 8.51. The molecule has 0 saturated carbocycles. The zero-order chi connectivity index (χ0) is 49.1. The number of hydrogen-bond donors (Lipinski definition) is 3. The second-order valence-electron chi connectivity index (χ2n) is 17.2. The number of piperazine rings is 1. The van der Waals surface area contributed by atoms with Crippen LogP contribution in [0.3, 0.4) is 0 Å². The molecule has 1 saturated heterocycles. The molecule has 2 heterocycles. The van der Waals surface area contributed by atoms with Gasteiger partial charge in [-0.3, -0.25) is 29.1 Å². The van der Waals surface area contributed by atoms with Crippen molar-refractivity contribution in [1.29, 1.82) is 0 Å². The molecular formula is C52H68N8O9. The smallest absolute Gasteiger partial charge is 0.319 e. The van der Waals surface area contributed by atoms with E-state index in [-0.39, 0.29) is 42.8 Å². The van der Waals surface area contributed by atoms with Gasteiger partial charge in [0.25, 0.3) is 17.7 Å². The molecule has 1 aromatic heterocycles. The molecule has 17 heteroatoms. The van der Waals surface area contributed by atoms with Gasteiger partial charge in [0, 0.05) is 107 Å². The van der Waals surface area contributed by atoms with Gasteiger partial charge in [-0.05, 0) is 92.8 Å². The van der Waals surface area contributed by atoms with Gasteiger partial charge < -0.3 is 49.6 Å². The molecule has 3 N–H and O–H groups in total.